The molecule has 0 saturated carbocycles. The van der Waals surface area contributed by atoms with E-state index in [9.17, 15) is 8.78 Å². The Balaban J connectivity index is 2.79. The second-order valence-electron chi connectivity index (χ2n) is 3.34. The molecule has 0 bridgehead atoms. The van der Waals surface area contributed by atoms with E-state index in [1.807, 2.05) is 0 Å². The van der Waals surface area contributed by atoms with Crippen molar-refractivity contribution >= 4 is 10.2 Å². The number of rotatable bonds is 4. The van der Waals surface area contributed by atoms with E-state index in [1.165, 1.54) is 6.07 Å². The van der Waals surface area contributed by atoms with Crippen LogP contribution < -0.4 is 0 Å². The lowest BCUT2D eigenvalue weighted by Crippen LogP contribution is -2.03. The number of halogens is 2. The average molecular weight is 211 g/mol. The molecule has 75 valence electrons. The predicted molar refractivity (Wildman–Crippen MR) is 54.4 cm³/mol. The first-order chi connectivity index (χ1) is 6.66. The van der Waals surface area contributed by atoms with Gasteiger partial charge in [-0.2, -0.15) is 0 Å². The summed E-state index contributed by atoms with van der Waals surface area (Å²) in [5, 5.41) is 0. The van der Waals surface area contributed by atoms with Crippen LogP contribution in [0.5, 0.6) is 0 Å². The minimum Gasteiger partial charge on any atom is -0.204 e. The zero-order valence-electron chi connectivity index (χ0n) is 8.19. The van der Waals surface area contributed by atoms with Gasteiger partial charge in [0.15, 0.2) is 11.6 Å². The summed E-state index contributed by atoms with van der Waals surface area (Å²) < 4.78 is 26.1. The van der Waals surface area contributed by atoms with Gasteiger partial charge in [-0.25, -0.2) is 8.78 Å². The van der Waals surface area contributed by atoms with Crippen molar-refractivity contribution in [2.45, 2.75) is 31.7 Å². The molecule has 0 saturated heterocycles. The van der Waals surface area contributed by atoms with Crippen molar-refractivity contribution in [2.75, 3.05) is 0 Å². The van der Waals surface area contributed by atoms with Gasteiger partial charge >= 0.3 is 0 Å². The molecule has 1 atom stereocenters. The predicted octanol–water partition coefficient (Wildman–Crippen LogP) is 3.36. The Labute approximate surface area is 86.8 Å². The quantitative estimate of drug-likeness (QED) is 0.670. The van der Waals surface area contributed by atoms with Gasteiger partial charge in [0.2, 0.25) is 0 Å². The standard InChI is InChI=1S/C11H13F2Si/c1-2-3-7-10(14)8-5-4-6-9(12)11(8)13/h4-6,10H,2-3,7H2,1H3. The number of hydrogen-bond acceptors (Lipinski definition) is 0. The van der Waals surface area contributed by atoms with Crippen molar-refractivity contribution in [1.82, 2.24) is 0 Å². The summed E-state index contributed by atoms with van der Waals surface area (Å²) in [5.74, 6) is -1.51. The third kappa shape index (κ3) is 2.64. The summed E-state index contributed by atoms with van der Waals surface area (Å²) in [6.45, 7) is 2.07. The molecule has 1 aromatic rings. The van der Waals surface area contributed by atoms with Crippen LogP contribution in [0.15, 0.2) is 18.2 Å². The van der Waals surface area contributed by atoms with E-state index in [1.54, 1.807) is 6.07 Å². The van der Waals surface area contributed by atoms with Crippen molar-refractivity contribution < 1.29 is 8.78 Å². The normalized spacial score (nSPS) is 12.9. The Hall–Kier alpha value is -0.703. The molecule has 0 spiro atoms. The summed E-state index contributed by atoms with van der Waals surface area (Å²) in [7, 11) is 3.42. The van der Waals surface area contributed by atoms with E-state index in [4.69, 9.17) is 0 Å². The Morgan fingerprint density at radius 1 is 1.36 bits per heavy atom. The summed E-state index contributed by atoms with van der Waals surface area (Å²) in [6.07, 6.45) is 2.88. The lowest BCUT2D eigenvalue weighted by Gasteiger charge is -2.11. The summed E-state index contributed by atoms with van der Waals surface area (Å²) in [5.41, 5.74) is 0.320. The van der Waals surface area contributed by atoms with Gasteiger partial charge in [0.05, 0.1) is 0 Å². The Kier molecular flexibility index (Phi) is 4.26. The molecular formula is C11H13F2Si. The van der Waals surface area contributed by atoms with Gasteiger partial charge < -0.3 is 0 Å². The van der Waals surface area contributed by atoms with Crippen molar-refractivity contribution in [3.8, 4) is 0 Å². The van der Waals surface area contributed by atoms with E-state index in [-0.39, 0.29) is 5.54 Å². The van der Waals surface area contributed by atoms with Gasteiger partial charge in [-0.1, -0.05) is 31.9 Å². The maximum atomic E-state index is 13.3. The summed E-state index contributed by atoms with van der Waals surface area (Å²) >= 11 is 0. The smallest absolute Gasteiger partial charge is 0.161 e. The monoisotopic (exact) mass is 211 g/mol. The highest BCUT2D eigenvalue weighted by molar-refractivity contribution is 6.12. The molecule has 0 aliphatic heterocycles. The van der Waals surface area contributed by atoms with Crippen molar-refractivity contribution in [3.63, 3.8) is 0 Å². The molecule has 1 rings (SSSR count). The molecule has 1 unspecified atom stereocenters. The minimum atomic E-state index is -0.776. The molecule has 1 aromatic carbocycles. The van der Waals surface area contributed by atoms with Gasteiger partial charge in [0.25, 0.3) is 0 Å². The van der Waals surface area contributed by atoms with Gasteiger partial charge in [-0.15, -0.1) is 0 Å². The van der Waals surface area contributed by atoms with Crippen LogP contribution in [0.25, 0.3) is 0 Å². The zero-order chi connectivity index (χ0) is 10.6. The average Bonchev–Trinajstić information content (AvgIpc) is 2.18. The highest BCUT2D eigenvalue weighted by Crippen LogP contribution is 2.22. The van der Waals surface area contributed by atoms with Gasteiger partial charge in [0.1, 0.15) is 0 Å². The van der Waals surface area contributed by atoms with Crippen LogP contribution in [-0.2, 0) is 0 Å². The van der Waals surface area contributed by atoms with E-state index in [0.29, 0.717) is 5.56 Å². The first kappa shape index (κ1) is 11.4. The maximum absolute atomic E-state index is 13.3. The topological polar surface area (TPSA) is 0 Å². The molecule has 0 aliphatic carbocycles. The molecule has 0 aromatic heterocycles. The lowest BCUT2D eigenvalue weighted by molar-refractivity contribution is 0.494. The summed E-state index contributed by atoms with van der Waals surface area (Å²) in [4.78, 5) is 0. The SMILES string of the molecule is CCCCC([Si])c1cccc(F)c1F. The third-order valence-corrected chi connectivity index (χ3v) is 2.80. The summed E-state index contributed by atoms with van der Waals surface area (Å²) in [6, 6.07) is 4.29. The minimum absolute atomic E-state index is 0.0920. The molecule has 3 radical (unpaired) electrons. The molecule has 0 nitrogen and oxygen atoms in total. The third-order valence-electron chi connectivity index (χ3n) is 2.20. The second kappa shape index (κ2) is 5.25. The number of unbranched alkanes of at least 4 members (excludes halogenated alkanes) is 1. The van der Waals surface area contributed by atoms with Crippen LogP contribution in [0.3, 0.4) is 0 Å². The fourth-order valence-electron chi connectivity index (χ4n) is 1.35. The Morgan fingerprint density at radius 2 is 2.07 bits per heavy atom. The van der Waals surface area contributed by atoms with Crippen LogP contribution in [0.1, 0.15) is 37.3 Å². The number of benzene rings is 1. The van der Waals surface area contributed by atoms with Crippen molar-refractivity contribution in [1.29, 1.82) is 0 Å². The maximum Gasteiger partial charge on any atom is 0.161 e. The van der Waals surface area contributed by atoms with Crippen LogP contribution >= 0.6 is 0 Å². The van der Waals surface area contributed by atoms with E-state index >= 15 is 0 Å². The Morgan fingerprint density at radius 3 is 2.71 bits per heavy atom. The molecule has 0 heterocycles. The first-order valence-electron chi connectivity index (χ1n) is 4.81. The van der Waals surface area contributed by atoms with Crippen molar-refractivity contribution in [3.05, 3.63) is 35.4 Å². The van der Waals surface area contributed by atoms with E-state index in [0.717, 1.165) is 25.3 Å². The van der Waals surface area contributed by atoms with Crippen LogP contribution in [0, 0.1) is 11.6 Å². The molecule has 3 heteroatoms. The Bertz CT molecular complexity index is 299. The van der Waals surface area contributed by atoms with Crippen LogP contribution in [-0.4, -0.2) is 10.2 Å². The van der Waals surface area contributed by atoms with E-state index in [2.05, 4.69) is 17.2 Å². The van der Waals surface area contributed by atoms with Gasteiger partial charge in [-0.05, 0) is 23.6 Å². The highest BCUT2D eigenvalue weighted by atomic mass is 28.1. The molecule has 0 N–H and O–H groups in total. The van der Waals surface area contributed by atoms with E-state index < -0.39 is 11.6 Å². The molecule has 0 fully saturated rings. The van der Waals surface area contributed by atoms with Crippen LogP contribution in [0.2, 0.25) is 0 Å². The van der Waals surface area contributed by atoms with Gasteiger partial charge in [-0.3, -0.25) is 0 Å². The zero-order valence-corrected chi connectivity index (χ0v) is 9.19. The van der Waals surface area contributed by atoms with Crippen molar-refractivity contribution in [2.24, 2.45) is 0 Å². The van der Waals surface area contributed by atoms with Crippen LogP contribution in [0.4, 0.5) is 8.78 Å². The highest BCUT2D eigenvalue weighted by Gasteiger charge is 2.13. The fourth-order valence-corrected chi connectivity index (χ4v) is 1.78. The lowest BCUT2D eigenvalue weighted by atomic mass is 10.1. The van der Waals surface area contributed by atoms with Gasteiger partial charge in [0, 0.05) is 10.2 Å². The molecule has 14 heavy (non-hydrogen) atoms. The first-order valence-corrected chi connectivity index (χ1v) is 5.39. The largest absolute Gasteiger partial charge is 0.204 e. The molecule has 0 amide bonds. The second-order valence-corrected chi connectivity index (χ2v) is 4.03. The molecular weight excluding hydrogens is 198 g/mol. The fraction of sp³-hybridized carbons (Fsp3) is 0.455. The molecule has 0 aliphatic rings. The number of hydrogen-bond donors (Lipinski definition) is 0.